The molecule has 0 radical (unpaired) electrons. The Labute approximate surface area is 135 Å². The van der Waals surface area contributed by atoms with Crippen LogP contribution in [-0.4, -0.2) is 34.8 Å². The number of nitro groups is 1. The Morgan fingerprint density at radius 3 is 2.78 bits per heavy atom. The molecule has 0 bridgehead atoms. The zero-order valence-electron chi connectivity index (χ0n) is 12.4. The fraction of sp³-hybridized carbons (Fsp3) is 0.214. The highest BCUT2D eigenvalue weighted by Gasteiger charge is 2.22. The average Bonchev–Trinajstić information content (AvgIpc) is 3.07. The number of carbonyl (C=O) groups excluding carboxylic acids is 2. The van der Waals surface area contributed by atoms with E-state index in [0.717, 1.165) is 6.07 Å². The third-order valence-electron chi connectivity index (χ3n) is 3.07. The summed E-state index contributed by atoms with van der Waals surface area (Å²) in [6.07, 6.45) is 1.58. The number of anilines is 1. The maximum absolute atomic E-state index is 12.3. The van der Waals surface area contributed by atoms with E-state index in [1.807, 2.05) is 0 Å². The van der Waals surface area contributed by atoms with Gasteiger partial charge in [-0.15, -0.1) is 11.3 Å². The lowest BCUT2D eigenvalue weighted by Crippen LogP contribution is -2.45. The minimum Gasteiger partial charge on any atom is -0.341 e. The first kappa shape index (κ1) is 16.6. The van der Waals surface area contributed by atoms with Gasteiger partial charge < -0.3 is 5.32 Å². The molecular weight excluding hydrogens is 320 g/mol. The number of thiazole rings is 1. The number of carbonyl (C=O) groups is 2. The van der Waals surface area contributed by atoms with E-state index in [1.165, 1.54) is 34.4 Å². The Morgan fingerprint density at radius 2 is 2.17 bits per heavy atom. The van der Waals surface area contributed by atoms with Crippen LogP contribution in [0.25, 0.3) is 0 Å². The van der Waals surface area contributed by atoms with Gasteiger partial charge in [-0.3, -0.25) is 24.6 Å². The number of nitrogens with one attached hydrogen (secondary N) is 1. The number of rotatable bonds is 5. The molecule has 0 saturated heterocycles. The summed E-state index contributed by atoms with van der Waals surface area (Å²) < 4.78 is 0. The molecule has 120 valence electrons. The predicted octanol–water partition coefficient (Wildman–Crippen LogP) is 1.83. The van der Waals surface area contributed by atoms with Crippen LogP contribution < -0.4 is 10.2 Å². The number of non-ortho nitro benzene ring substituents is 1. The van der Waals surface area contributed by atoms with Crippen molar-refractivity contribution in [1.82, 2.24) is 10.3 Å². The van der Waals surface area contributed by atoms with E-state index in [2.05, 4.69) is 10.3 Å². The van der Waals surface area contributed by atoms with Gasteiger partial charge in [0.1, 0.15) is 6.04 Å². The Hall–Kier alpha value is -2.81. The molecule has 0 spiro atoms. The Balaban J connectivity index is 2.06. The number of nitro benzene ring substituents is 1. The molecule has 8 nitrogen and oxygen atoms in total. The van der Waals surface area contributed by atoms with Crippen molar-refractivity contribution in [2.45, 2.75) is 13.0 Å². The van der Waals surface area contributed by atoms with Gasteiger partial charge in [-0.1, -0.05) is 6.07 Å². The SMILES string of the molecule is C[C@@H](NC(=O)c1cccc([N+](=O)[O-])c1)C(=O)N(C)c1nccs1. The lowest BCUT2D eigenvalue weighted by atomic mass is 10.1. The quantitative estimate of drug-likeness (QED) is 0.663. The lowest BCUT2D eigenvalue weighted by Gasteiger charge is -2.19. The van der Waals surface area contributed by atoms with Crippen molar-refractivity contribution in [2.75, 3.05) is 11.9 Å². The van der Waals surface area contributed by atoms with Crippen molar-refractivity contribution in [3.8, 4) is 0 Å². The van der Waals surface area contributed by atoms with E-state index in [4.69, 9.17) is 0 Å². The van der Waals surface area contributed by atoms with Crippen molar-refractivity contribution >= 4 is 34.0 Å². The number of hydrogen-bond donors (Lipinski definition) is 1. The zero-order chi connectivity index (χ0) is 17.0. The second kappa shape index (κ2) is 6.97. The number of amides is 2. The van der Waals surface area contributed by atoms with Crippen LogP contribution in [-0.2, 0) is 4.79 Å². The molecule has 0 aliphatic carbocycles. The second-order valence-corrected chi connectivity index (χ2v) is 5.59. The fourth-order valence-electron chi connectivity index (χ4n) is 1.87. The number of nitrogens with zero attached hydrogens (tertiary/aromatic N) is 3. The molecule has 23 heavy (non-hydrogen) atoms. The lowest BCUT2D eigenvalue weighted by molar-refractivity contribution is -0.384. The third-order valence-corrected chi connectivity index (χ3v) is 3.92. The fourth-order valence-corrected chi connectivity index (χ4v) is 2.48. The number of aromatic nitrogens is 1. The smallest absolute Gasteiger partial charge is 0.270 e. The molecule has 2 aromatic rings. The first-order chi connectivity index (χ1) is 10.9. The van der Waals surface area contributed by atoms with Crippen LogP contribution in [0.4, 0.5) is 10.8 Å². The van der Waals surface area contributed by atoms with E-state index < -0.39 is 16.9 Å². The van der Waals surface area contributed by atoms with Crippen LogP contribution in [0.1, 0.15) is 17.3 Å². The van der Waals surface area contributed by atoms with Crippen molar-refractivity contribution in [2.24, 2.45) is 0 Å². The number of benzene rings is 1. The van der Waals surface area contributed by atoms with Gasteiger partial charge in [-0.2, -0.15) is 0 Å². The molecule has 0 aliphatic heterocycles. The van der Waals surface area contributed by atoms with Crippen molar-refractivity contribution < 1.29 is 14.5 Å². The zero-order valence-corrected chi connectivity index (χ0v) is 13.2. The summed E-state index contributed by atoms with van der Waals surface area (Å²) in [6, 6.07) is 4.53. The van der Waals surface area contributed by atoms with Crippen LogP contribution in [0.2, 0.25) is 0 Å². The van der Waals surface area contributed by atoms with Gasteiger partial charge in [0.25, 0.3) is 17.5 Å². The average molecular weight is 334 g/mol. The maximum atomic E-state index is 12.3. The highest BCUT2D eigenvalue weighted by Crippen LogP contribution is 2.17. The topological polar surface area (TPSA) is 105 Å². The van der Waals surface area contributed by atoms with Crippen LogP contribution in [0, 0.1) is 10.1 Å². The molecule has 9 heteroatoms. The van der Waals surface area contributed by atoms with Crippen LogP contribution in [0.15, 0.2) is 35.8 Å². The highest BCUT2D eigenvalue weighted by molar-refractivity contribution is 7.13. The van der Waals surface area contributed by atoms with Gasteiger partial charge in [-0.05, 0) is 13.0 Å². The number of hydrogen-bond acceptors (Lipinski definition) is 6. The van der Waals surface area contributed by atoms with Crippen LogP contribution in [0.3, 0.4) is 0 Å². The van der Waals surface area contributed by atoms with Gasteiger partial charge in [-0.25, -0.2) is 4.98 Å². The summed E-state index contributed by atoms with van der Waals surface area (Å²) in [4.78, 5) is 39.9. The molecule has 1 aromatic heterocycles. The summed E-state index contributed by atoms with van der Waals surface area (Å²) >= 11 is 1.30. The van der Waals surface area contributed by atoms with Crippen LogP contribution in [0.5, 0.6) is 0 Å². The van der Waals surface area contributed by atoms with E-state index in [0.29, 0.717) is 5.13 Å². The minimum atomic E-state index is -0.796. The number of likely N-dealkylation sites (N-methyl/N-ethyl adjacent to an activating group) is 1. The summed E-state index contributed by atoms with van der Waals surface area (Å²) in [5.41, 5.74) is -0.0627. The molecule has 2 rings (SSSR count). The Kier molecular flexibility index (Phi) is 5.02. The summed E-state index contributed by atoms with van der Waals surface area (Å²) in [5, 5.41) is 15.5. The molecule has 2 amide bonds. The Bertz CT molecular complexity index is 732. The normalized spacial score (nSPS) is 11.6. The van der Waals surface area contributed by atoms with E-state index in [-0.39, 0.29) is 17.2 Å². The molecule has 0 saturated carbocycles. The Morgan fingerprint density at radius 1 is 1.43 bits per heavy atom. The standard InChI is InChI=1S/C14H14N4O4S/c1-9(13(20)17(2)14-15-6-7-23-14)16-12(19)10-4-3-5-11(8-10)18(21)22/h3-9H,1-2H3,(H,16,19)/t9-/m1/s1. The highest BCUT2D eigenvalue weighted by atomic mass is 32.1. The molecule has 1 aromatic carbocycles. The predicted molar refractivity (Wildman–Crippen MR) is 85.5 cm³/mol. The van der Waals surface area contributed by atoms with Gasteiger partial charge in [0, 0.05) is 36.3 Å². The van der Waals surface area contributed by atoms with Crippen LogP contribution >= 0.6 is 11.3 Å². The minimum absolute atomic E-state index is 0.121. The molecule has 0 aliphatic rings. The molecular formula is C14H14N4O4S. The molecule has 1 atom stereocenters. The van der Waals surface area contributed by atoms with Gasteiger partial charge in [0.05, 0.1) is 4.92 Å². The first-order valence-electron chi connectivity index (χ1n) is 6.62. The first-order valence-corrected chi connectivity index (χ1v) is 7.50. The monoisotopic (exact) mass is 334 g/mol. The van der Waals surface area contributed by atoms with E-state index in [9.17, 15) is 19.7 Å². The van der Waals surface area contributed by atoms with Crippen molar-refractivity contribution in [1.29, 1.82) is 0 Å². The summed E-state index contributed by atoms with van der Waals surface area (Å²) in [7, 11) is 1.57. The van der Waals surface area contributed by atoms with E-state index in [1.54, 1.807) is 25.5 Å². The van der Waals surface area contributed by atoms with Gasteiger partial charge in [0.15, 0.2) is 5.13 Å². The van der Waals surface area contributed by atoms with Gasteiger partial charge >= 0.3 is 0 Å². The van der Waals surface area contributed by atoms with Crippen molar-refractivity contribution in [3.05, 3.63) is 51.5 Å². The second-order valence-electron chi connectivity index (χ2n) is 4.71. The largest absolute Gasteiger partial charge is 0.341 e. The third kappa shape index (κ3) is 3.89. The maximum Gasteiger partial charge on any atom is 0.270 e. The van der Waals surface area contributed by atoms with E-state index >= 15 is 0 Å². The molecule has 0 fully saturated rings. The van der Waals surface area contributed by atoms with Crippen molar-refractivity contribution in [3.63, 3.8) is 0 Å². The molecule has 1 heterocycles. The summed E-state index contributed by atoms with van der Waals surface area (Å²) in [6.45, 7) is 1.54. The van der Waals surface area contributed by atoms with Gasteiger partial charge in [0.2, 0.25) is 0 Å². The molecule has 0 unspecified atom stereocenters. The summed E-state index contributed by atoms with van der Waals surface area (Å²) in [5.74, 6) is -0.888. The molecule has 1 N–H and O–H groups in total.